The summed E-state index contributed by atoms with van der Waals surface area (Å²) in [5.74, 6) is 0. The van der Waals surface area contributed by atoms with Crippen LogP contribution in [0.4, 0.5) is 0 Å². The fraction of sp³-hybridized carbons (Fsp3) is 0.0769. The van der Waals surface area contributed by atoms with E-state index in [0.717, 1.165) is 0 Å². The second-order valence-corrected chi connectivity index (χ2v) is 6.60. The van der Waals surface area contributed by atoms with Crippen LogP contribution in [-0.4, -0.2) is 0 Å². The van der Waals surface area contributed by atoms with Crippen LogP contribution >= 0.6 is 0 Å². The summed E-state index contributed by atoms with van der Waals surface area (Å²) in [7, 11) is 0. The van der Waals surface area contributed by atoms with Crippen molar-refractivity contribution in [3.63, 3.8) is 0 Å². The normalized spacial score (nSPS) is 11.0. The zero-order chi connectivity index (χ0) is 18.3. The molecular formula is C26H22N. The first-order chi connectivity index (χ1) is 13.4. The summed E-state index contributed by atoms with van der Waals surface area (Å²) in [4.78, 5) is 0. The monoisotopic (exact) mass is 348 g/mol. The molecule has 0 bridgehead atoms. The van der Waals surface area contributed by atoms with Gasteiger partial charge in [-0.1, -0.05) is 121 Å². The Hall–Kier alpha value is -3.16. The summed E-state index contributed by atoms with van der Waals surface area (Å²) in [5, 5.41) is 5.36. The molecule has 0 aromatic heterocycles. The molecular weight excluding hydrogens is 326 g/mol. The lowest BCUT2D eigenvalue weighted by Crippen LogP contribution is -2.22. The standard InChI is InChI=1S/C26H22N/c1-5-13-21(14-6-1)25(22-15-7-2-8-16-22)27-26(23-17-9-3-10-18-23)24-19-11-4-12-20-24/h1-20,25-26H. The lowest BCUT2D eigenvalue weighted by molar-refractivity contribution is 0.526. The maximum atomic E-state index is 5.36. The Kier molecular flexibility index (Phi) is 5.42. The van der Waals surface area contributed by atoms with E-state index in [4.69, 9.17) is 5.32 Å². The quantitative estimate of drug-likeness (QED) is 0.395. The zero-order valence-electron chi connectivity index (χ0n) is 15.1. The van der Waals surface area contributed by atoms with Crippen molar-refractivity contribution >= 4 is 0 Å². The average Bonchev–Trinajstić information content (AvgIpc) is 2.77. The lowest BCUT2D eigenvalue weighted by atomic mass is 9.93. The molecule has 0 fully saturated rings. The van der Waals surface area contributed by atoms with Gasteiger partial charge in [-0.2, -0.15) is 0 Å². The Balaban J connectivity index is 1.77. The molecule has 1 heteroatoms. The molecule has 131 valence electrons. The number of hydrogen-bond acceptors (Lipinski definition) is 0. The highest BCUT2D eigenvalue weighted by Gasteiger charge is 2.22. The average molecular weight is 348 g/mol. The van der Waals surface area contributed by atoms with Gasteiger partial charge in [-0.15, -0.1) is 0 Å². The first-order valence-electron chi connectivity index (χ1n) is 9.31. The Morgan fingerprint density at radius 2 is 0.556 bits per heavy atom. The Labute approximate surface area is 161 Å². The smallest absolute Gasteiger partial charge is 0.0756 e. The summed E-state index contributed by atoms with van der Waals surface area (Å²) < 4.78 is 0. The van der Waals surface area contributed by atoms with Gasteiger partial charge in [0.05, 0.1) is 12.1 Å². The third-order valence-electron chi connectivity index (χ3n) is 4.76. The van der Waals surface area contributed by atoms with E-state index in [-0.39, 0.29) is 12.1 Å². The van der Waals surface area contributed by atoms with Crippen LogP contribution in [0.1, 0.15) is 34.3 Å². The minimum atomic E-state index is -0.0159. The molecule has 0 spiro atoms. The first-order valence-corrected chi connectivity index (χ1v) is 9.31. The van der Waals surface area contributed by atoms with Crippen LogP contribution in [0.15, 0.2) is 121 Å². The van der Waals surface area contributed by atoms with Crippen LogP contribution in [0, 0.1) is 0 Å². The largest absolute Gasteiger partial charge is 0.216 e. The molecule has 1 nitrogen and oxygen atoms in total. The fourth-order valence-electron chi connectivity index (χ4n) is 3.42. The maximum Gasteiger partial charge on any atom is 0.0756 e. The third kappa shape index (κ3) is 4.16. The lowest BCUT2D eigenvalue weighted by Gasteiger charge is -2.25. The summed E-state index contributed by atoms with van der Waals surface area (Å²) in [6.07, 6.45) is 0. The second-order valence-electron chi connectivity index (χ2n) is 6.60. The van der Waals surface area contributed by atoms with Gasteiger partial charge in [-0.05, 0) is 22.3 Å². The molecule has 4 aromatic carbocycles. The Bertz CT molecular complexity index is 774. The number of nitrogens with zero attached hydrogens (tertiary/aromatic N) is 1. The van der Waals surface area contributed by atoms with Crippen molar-refractivity contribution in [3.8, 4) is 0 Å². The molecule has 0 unspecified atom stereocenters. The van der Waals surface area contributed by atoms with E-state index in [1.807, 2.05) is 0 Å². The predicted octanol–water partition coefficient (Wildman–Crippen LogP) is 6.17. The van der Waals surface area contributed by atoms with E-state index in [1.165, 1.54) is 22.3 Å². The van der Waals surface area contributed by atoms with Gasteiger partial charge in [0.15, 0.2) is 0 Å². The molecule has 0 atom stereocenters. The molecule has 27 heavy (non-hydrogen) atoms. The summed E-state index contributed by atoms with van der Waals surface area (Å²) >= 11 is 0. The molecule has 0 heterocycles. The van der Waals surface area contributed by atoms with Crippen molar-refractivity contribution < 1.29 is 0 Å². The highest BCUT2D eigenvalue weighted by molar-refractivity contribution is 5.36. The Morgan fingerprint density at radius 1 is 0.333 bits per heavy atom. The van der Waals surface area contributed by atoms with Crippen molar-refractivity contribution in [2.45, 2.75) is 12.1 Å². The molecule has 4 aromatic rings. The number of benzene rings is 4. The molecule has 0 N–H and O–H groups in total. The van der Waals surface area contributed by atoms with Crippen LogP contribution < -0.4 is 5.32 Å². The van der Waals surface area contributed by atoms with Gasteiger partial charge in [0.1, 0.15) is 0 Å². The molecule has 0 amide bonds. The van der Waals surface area contributed by atoms with Gasteiger partial charge in [0.2, 0.25) is 0 Å². The molecule has 0 aliphatic heterocycles. The second kappa shape index (κ2) is 8.48. The van der Waals surface area contributed by atoms with Crippen molar-refractivity contribution in [1.82, 2.24) is 5.32 Å². The molecule has 0 aliphatic rings. The van der Waals surface area contributed by atoms with Gasteiger partial charge in [-0.25, -0.2) is 5.32 Å². The highest BCUT2D eigenvalue weighted by Crippen LogP contribution is 2.31. The number of hydrogen-bond donors (Lipinski definition) is 0. The van der Waals surface area contributed by atoms with Crippen LogP contribution in [0.5, 0.6) is 0 Å². The van der Waals surface area contributed by atoms with Crippen molar-refractivity contribution in [2.75, 3.05) is 0 Å². The third-order valence-corrected chi connectivity index (χ3v) is 4.76. The molecule has 1 radical (unpaired) electrons. The summed E-state index contributed by atoms with van der Waals surface area (Å²) in [6, 6.07) is 42.1. The van der Waals surface area contributed by atoms with E-state index >= 15 is 0 Å². The van der Waals surface area contributed by atoms with E-state index in [9.17, 15) is 0 Å². The topological polar surface area (TPSA) is 14.1 Å². The van der Waals surface area contributed by atoms with Gasteiger partial charge >= 0.3 is 0 Å². The van der Waals surface area contributed by atoms with Crippen LogP contribution in [0.2, 0.25) is 0 Å². The van der Waals surface area contributed by atoms with Crippen LogP contribution in [0.25, 0.3) is 0 Å². The van der Waals surface area contributed by atoms with Crippen molar-refractivity contribution in [3.05, 3.63) is 144 Å². The minimum absolute atomic E-state index is 0.0159. The van der Waals surface area contributed by atoms with Gasteiger partial charge < -0.3 is 0 Å². The van der Waals surface area contributed by atoms with Gasteiger partial charge in [0, 0.05) is 0 Å². The zero-order valence-corrected chi connectivity index (χ0v) is 15.1. The fourth-order valence-corrected chi connectivity index (χ4v) is 3.42. The highest BCUT2D eigenvalue weighted by atomic mass is 15.0. The molecule has 4 rings (SSSR count). The maximum absolute atomic E-state index is 5.36. The summed E-state index contributed by atoms with van der Waals surface area (Å²) in [6.45, 7) is 0. The SMILES string of the molecule is c1ccc(C([N]C(c2ccccc2)c2ccccc2)c2ccccc2)cc1. The molecule has 0 saturated carbocycles. The van der Waals surface area contributed by atoms with E-state index in [0.29, 0.717) is 0 Å². The van der Waals surface area contributed by atoms with Crippen LogP contribution in [0.3, 0.4) is 0 Å². The Morgan fingerprint density at radius 3 is 0.778 bits per heavy atom. The van der Waals surface area contributed by atoms with Crippen molar-refractivity contribution in [1.29, 1.82) is 0 Å². The van der Waals surface area contributed by atoms with Crippen LogP contribution in [-0.2, 0) is 0 Å². The van der Waals surface area contributed by atoms with E-state index < -0.39 is 0 Å². The van der Waals surface area contributed by atoms with Crippen molar-refractivity contribution in [2.24, 2.45) is 0 Å². The molecule has 0 saturated heterocycles. The predicted molar refractivity (Wildman–Crippen MR) is 112 cm³/mol. The molecule has 0 aliphatic carbocycles. The minimum Gasteiger partial charge on any atom is -0.216 e. The number of rotatable bonds is 6. The first kappa shape index (κ1) is 17.3. The van der Waals surface area contributed by atoms with E-state index in [2.05, 4.69) is 121 Å². The van der Waals surface area contributed by atoms with Gasteiger partial charge in [0.25, 0.3) is 0 Å². The van der Waals surface area contributed by atoms with E-state index in [1.54, 1.807) is 0 Å². The van der Waals surface area contributed by atoms with Gasteiger partial charge in [-0.3, -0.25) is 0 Å². The summed E-state index contributed by atoms with van der Waals surface area (Å²) in [5.41, 5.74) is 4.84.